The van der Waals surface area contributed by atoms with Crippen LogP contribution in [0.25, 0.3) is 0 Å². The highest BCUT2D eigenvalue weighted by Gasteiger charge is 2.32. The zero-order chi connectivity index (χ0) is 16.5. The Morgan fingerprint density at radius 3 is 2.96 bits per heavy atom. The molecule has 0 aromatic carbocycles. The van der Waals surface area contributed by atoms with E-state index in [2.05, 4.69) is 34.0 Å². The summed E-state index contributed by atoms with van der Waals surface area (Å²) >= 11 is 1.80. The summed E-state index contributed by atoms with van der Waals surface area (Å²) in [6.45, 7) is 4.91. The van der Waals surface area contributed by atoms with Crippen molar-refractivity contribution in [3.8, 4) is 0 Å². The number of nitrogens with zero attached hydrogens (tertiary/aromatic N) is 4. The Morgan fingerprint density at radius 1 is 1.40 bits per heavy atom. The highest BCUT2D eigenvalue weighted by molar-refractivity contribution is 7.10. The van der Waals surface area contributed by atoms with Gasteiger partial charge in [0.2, 0.25) is 0 Å². The Hall–Kier alpha value is -1.44. The van der Waals surface area contributed by atoms with E-state index in [1.165, 1.54) is 10.4 Å². The number of fused-ring (bicyclic) bond motifs is 1. The van der Waals surface area contributed by atoms with Crippen LogP contribution in [0, 0.1) is 0 Å². The smallest absolute Gasteiger partial charge is 0.276 e. The fourth-order valence-electron chi connectivity index (χ4n) is 3.85. The Balaban J connectivity index is 0.00000182. The van der Waals surface area contributed by atoms with Gasteiger partial charge in [0, 0.05) is 11.4 Å². The Labute approximate surface area is 158 Å². The minimum Gasteiger partial charge on any atom is -0.330 e. The van der Waals surface area contributed by atoms with E-state index in [-0.39, 0.29) is 24.4 Å². The molecule has 0 bridgehead atoms. The lowest BCUT2D eigenvalue weighted by molar-refractivity contribution is 0.0651. The van der Waals surface area contributed by atoms with Gasteiger partial charge < -0.3 is 10.2 Å². The van der Waals surface area contributed by atoms with Crippen molar-refractivity contribution in [1.82, 2.24) is 25.2 Å². The fraction of sp³-hybridized carbons (Fsp3) is 0.588. The highest BCUT2D eigenvalue weighted by Crippen LogP contribution is 2.35. The van der Waals surface area contributed by atoms with Gasteiger partial charge in [-0.15, -0.1) is 28.8 Å². The number of hydrogen-bond donors (Lipinski definition) is 1. The van der Waals surface area contributed by atoms with E-state index in [0.717, 1.165) is 45.3 Å². The van der Waals surface area contributed by atoms with Gasteiger partial charge in [0.1, 0.15) is 0 Å². The zero-order valence-corrected chi connectivity index (χ0v) is 16.0. The highest BCUT2D eigenvalue weighted by atomic mass is 35.5. The van der Waals surface area contributed by atoms with Gasteiger partial charge in [-0.3, -0.25) is 4.79 Å². The molecule has 4 heterocycles. The molecule has 1 unspecified atom stereocenters. The van der Waals surface area contributed by atoms with Gasteiger partial charge in [0.15, 0.2) is 5.69 Å². The third kappa shape index (κ3) is 3.45. The molecular weight excluding hydrogens is 358 g/mol. The van der Waals surface area contributed by atoms with Crippen molar-refractivity contribution in [3.05, 3.63) is 33.8 Å². The zero-order valence-electron chi connectivity index (χ0n) is 14.4. The topological polar surface area (TPSA) is 63.1 Å². The molecule has 4 rings (SSSR count). The van der Waals surface area contributed by atoms with Crippen LogP contribution < -0.4 is 5.32 Å². The number of rotatable bonds is 3. The summed E-state index contributed by atoms with van der Waals surface area (Å²) in [5.74, 6) is 0.0129. The average molecular weight is 382 g/mol. The lowest BCUT2D eigenvalue weighted by Gasteiger charge is -2.34. The van der Waals surface area contributed by atoms with Crippen molar-refractivity contribution in [1.29, 1.82) is 0 Å². The number of thiophene rings is 1. The van der Waals surface area contributed by atoms with Crippen LogP contribution in [0.2, 0.25) is 0 Å². The van der Waals surface area contributed by atoms with E-state index >= 15 is 0 Å². The first-order valence-electron chi connectivity index (χ1n) is 8.77. The second kappa shape index (κ2) is 7.85. The fourth-order valence-corrected chi connectivity index (χ4v) is 4.78. The Morgan fingerprint density at radius 2 is 2.20 bits per heavy atom. The number of hydrogen-bond acceptors (Lipinski definition) is 5. The van der Waals surface area contributed by atoms with Crippen LogP contribution in [0.4, 0.5) is 0 Å². The van der Waals surface area contributed by atoms with E-state index in [4.69, 9.17) is 0 Å². The number of halogens is 1. The van der Waals surface area contributed by atoms with Crippen LogP contribution in [0.15, 0.2) is 17.6 Å². The molecule has 2 aromatic rings. The largest absolute Gasteiger partial charge is 0.330 e. The van der Waals surface area contributed by atoms with Crippen LogP contribution in [0.1, 0.15) is 59.2 Å². The van der Waals surface area contributed by atoms with E-state index < -0.39 is 0 Å². The summed E-state index contributed by atoms with van der Waals surface area (Å²) in [6.07, 6.45) is 5.79. The lowest BCUT2D eigenvalue weighted by Crippen LogP contribution is -2.39. The predicted molar refractivity (Wildman–Crippen MR) is 101 cm³/mol. The molecular formula is C17H24ClN5OS. The van der Waals surface area contributed by atoms with Gasteiger partial charge in [-0.25, -0.2) is 4.68 Å². The molecule has 6 nitrogen and oxygen atoms in total. The normalized spacial score (nSPS) is 20.8. The van der Waals surface area contributed by atoms with Gasteiger partial charge in [0.05, 0.1) is 18.3 Å². The maximum atomic E-state index is 13.0. The molecule has 1 saturated heterocycles. The molecule has 1 N–H and O–H groups in total. The van der Waals surface area contributed by atoms with Crippen LogP contribution in [0.5, 0.6) is 0 Å². The van der Waals surface area contributed by atoms with Crippen molar-refractivity contribution in [3.63, 3.8) is 0 Å². The van der Waals surface area contributed by atoms with Gasteiger partial charge in [-0.1, -0.05) is 12.1 Å². The third-order valence-electron chi connectivity index (χ3n) is 5.15. The summed E-state index contributed by atoms with van der Waals surface area (Å²) in [4.78, 5) is 16.4. The molecule has 2 aliphatic rings. The van der Waals surface area contributed by atoms with Crippen molar-refractivity contribution >= 4 is 29.7 Å². The molecule has 0 spiro atoms. The summed E-state index contributed by atoms with van der Waals surface area (Å²) in [7, 11) is 0. The number of piperidine rings is 1. The van der Waals surface area contributed by atoms with Gasteiger partial charge in [-0.05, 0) is 55.8 Å². The Bertz CT molecular complexity index is 724. The van der Waals surface area contributed by atoms with E-state index in [1.54, 1.807) is 11.3 Å². The number of carbonyl (C=O) groups is 1. The van der Waals surface area contributed by atoms with Crippen molar-refractivity contribution < 1.29 is 4.79 Å². The molecule has 1 fully saturated rings. The first kappa shape index (κ1) is 18.4. The van der Waals surface area contributed by atoms with Crippen LogP contribution in [-0.2, 0) is 6.42 Å². The Kier molecular flexibility index (Phi) is 5.76. The van der Waals surface area contributed by atoms with Gasteiger partial charge in [0.25, 0.3) is 5.91 Å². The summed E-state index contributed by atoms with van der Waals surface area (Å²) in [5, 5.41) is 13.9. The number of amides is 1. The third-order valence-corrected chi connectivity index (χ3v) is 6.15. The van der Waals surface area contributed by atoms with E-state index in [9.17, 15) is 4.79 Å². The maximum absolute atomic E-state index is 13.0. The lowest BCUT2D eigenvalue weighted by atomic mass is 9.97. The van der Waals surface area contributed by atoms with E-state index in [1.807, 2.05) is 15.8 Å². The van der Waals surface area contributed by atoms with Crippen molar-refractivity contribution in [2.45, 2.75) is 44.7 Å². The molecule has 25 heavy (non-hydrogen) atoms. The first-order valence-corrected chi connectivity index (χ1v) is 9.65. The molecule has 1 amide bonds. The van der Waals surface area contributed by atoms with Crippen LogP contribution in [-0.4, -0.2) is 45.4 Å². The number of nitrogens with one attached hydrogen (secondary N) is 1. The second-order valence-electron chi connectivity index (χ2n) is 6.54. The van der Waals surface area contributed by atoms with Gasteiger partial charge >= 0.3 is 0 Å². The predicted octanol–water partition coefficient (Wildman–Crippen LogP) is 2.84. The molecule has 0 radical (unpaired) electrons. The molecule has 2 aromatic heterocycles. The molecule has 136 valence electrons. The first-order chi connectivity index (χ1) is 11.8. The maximum Gasteiger partial charge on any atom is 0.276 e. The quantitative estimate of drug-likeness (QED) is 0.887. The summed E-state index contributed by atoms with van der Waals surface area (Å²) in [5.41, 5.74) is 1.79. The average Bonchev–Trinajstić information content (AvgIpc) is 3.30. The molecule has 0 saturated carbocycles. The molecule has 8 heteroatoms. The van der Waals surface area contributed by atoms with E-state index in [0.29, 0.717) is 11.7 Å². The van der Waals surface area contributed by atoms with Crippen LogP contribution >= 0.6 is 23.7 Å². The van der Waals surface area contributed by atoms with Gasteiger partial charge in [-0.2, -0.15) is 0 Å². The van der Waals surface area contributed by atoms with Crippen molar-refractivity contribution in [2.75, 3.05) is 19.6 Å². The van der Waals surface area contributed by atoms with Crippen LogP contribution in [0.3, 0.4) is 0 Å². The summed E-state index contributed by atoms with van der Waals surface area (Å²) in [6, 6.07) is 2.68. The second-order valence-corrected chi connectivity index (χ2v) is 7.54. The molecule has 2 aliphatic heterocycles. The standard InChI is InChI=1S/C17H23N5OS.ClH/c1-2-15-13-6-10-24-16(13)5-9-21(15)17(23)14-11-22(20-19-14)12-3-7-18-8-4-12;/h6,10-12,15,18H,2-5,7-9H2,1H3;1H. The minimum absolute atomic E-state index is 0. The monoisotopic (exact) mass is 381 g/mol. The molecule has 1 atom stereocenters. The van der Waals surface area contributed by atoms with Crippen molar-refractivity contribution in [2.24, 2.45) is 0 Å². The molecule has 0 aliphatic carbocycles. The SMILES string of the molecule is CCC1c2ccsc2CCN1C(=O)c1cn(C2CCNCC2)nn1.Cl. The summed E-state index contributed by atoms with van der Waals surface area (Å²) < 4.78 is 1.88. The number of carbonyl (C=O) groups excluding carboxylic acids is 1. The number of aromatic nitrogens is 3. The minimum atomic E-state index is 0.